The first-order chi connectivity index (χ1) is 9.66. The molecule has 0 spiro atoms. The van der Waals surface area contributed by atoms with E-state index in [1.54, 1.807) is 0 Å². The molecule has 0 aliphatic heterocycles. The van der Waals surface area contributed by atoms with Gasteiger partial charge in [0.2, 0.25) is 0 Å². The standard InChI is InChI=1S/C20H27P.B/c1-19(2,3)15-7-11-17(12-8-15)21-18-13-9-16(10-14-18)20(4,5)6;/h7-14,21H,1-6H3;. The lowest BCUT2D eigenvalue weighted by atomic mass is 9.87. The van der Waals surface area contributed by atoms with Gasteiger partial charge in [-0.25, -0.2) is 0 Å². The van der Waals surface area contributed by atoms with Crippen molar-refractivity contribution in [2.45, 2.75) is 52.4 Å². The molecule has 2 aromatic rings. The summed E-state index contributed by atoms with van der Waals surface area (Å²) in [5.74, 6) is 0. The molecule has 0 aliphatic carbocycles. The Hall–Kier alpha value is -1.07. The van der Waals surface area contributed by atoms with Crippen LogP contribution in [-0.4, -0.2) is 8.41 Å². The highest BCUT2D eigenvalue weighted by atomic mass is 31.1. The molecule has 0 fully saturated rings. The average molecular weight is 309 g/mol. The summed E-state index contributed by atoms with van der Waals surface area (Å²) in [5.41, 5.74) is 3.27. The van der Waals surface area contributed by atoms with Gasteiger partial charge in [0.15, 0.2) is 0 Å². The van der Waals surface area contributed by atoms with Gasteiger partial charge in [0.1, 0.15) is 0 Å². The van der Waals surface area contributed by atoms with Crippen molar-refractivity contribution in [2.24, 2.45) is 0 Å². The SMILES string of the molecule is CC(C)(C)c1ccc(Pc2ccc(C(C)(C)C)cc2)cc1.[B]. The first kappa shape index (κ1) is 19.0. The molecule has 0 nitrogen and oxygen atoms in total. The summed E-state index contributed by atoms with van der Waals surface area (Å²) in [6.45, 7) is 13.6. The van der Waals surface area contributed by atoms with Crippen molar-refractivity contribution in [2.75, 3.05) is 0 Å². The second kappa shape index (κ2) is 7.01. The number of benzene rings is 2. The summed E-state index contributed by atoms with van der Waals surface area (Å²) in [5, 5.41) is 2.82. The molecule has 0 saturated carbocycles. The maximum absolute atomic E-state index is 2.27. The van der Waals surface area contributed by atoms with Gasteiger partial charge < -0.3 is 0 Å². The molecule has 115 valence electrons. The van der Waals surface area contributed by atoms with Gasteiger partial charge in [-0.2, -0.15) is 0 Å². The normalized spacial score (nSPS) is 11.9. The van der Waals surface area contributed by atoms with Crippen LogP contribution in [0.2, 0.25) is 0 Å². The van der Waals surface area contributed by atoms with Crippen LogP contribution in [0, 0.1) is 0 Å². The van der Waals surface area contributed by atoms with Gasteiger partial charge in [0.05, 0.1) is 0 Å². The molecule has 0 aliphatic rings. The van der Waals surface area contributed by atoms with Crippen molar-refractivity contribution in [1.29, 1.82) is 0 Å². The molecule has 0 amide bonds. The molecular formula is C20H27BP. The molecule has 22 heavy (non-hydrogen) atoms. The molecule has 2 aromatic carbocycles. The average Bonchev–Trinajstić information content (AvgIpc) is 2.38. The third kappa shape index (κ3) is 4.99. The first-order valence-electron chi connectivity index (χ1n) is 7.64. The van der Waals surface area contributed by atoms with Crippen molar-refractivity contribution in [3.05, 3.63) is 59.7 Å². The van der Waals surface area contributed by atoms with Crippen LogP contribution in [0.15, 0.2) is 48.5 Å². The third-order valence-corrected chi connectivity index (χ3v) is 5.03. The fourth-order valence-electron chi connectivity index (χ4n) is 2.27. The maximum atomic E-state index is 2.27. The lowest BCUT2D eigenvalue weighted by molar-refractivity contribution is 0.590. The summed E-state index contributed by atoms with van der Waals surface area (Å²) < 4.78 is 0. The third-order valence-electron chi connectivity index (χ3n) is 3.79. The summed E-state index contributed by atoms with van der Waals surface area (Å²) in [6.07, 6.45) is 0. The van der Waals surface area contributed by atoms with Crippen molar-refractivity contribution in [1.82, 2.24) is 0 Å². The monoisotopic (exact) mass is 309 g/mol. The fraction of sp³-hybridized carbons (Fsp3) is 0.400. The zero-order chi connectivity index (χ0) is 15.7. The van der Waals surface area contributed by atoms with E-state index in [4.69, 9.17) is 0 Å². The molecule has 0 unspecified atom stereocenters. The minimum absolute atomic E-state index is 0. The van der Waals surface area contributed by atoms with E-state index in [9.17, 15) is 0 Å². The van der Waals surface area contributed by atoms with E-state index in [-0.39, 0.29) is 19.2 Å². The van der Waals surface area contributed by atoms with E-state index in [1.165, 1.54) is 21.7 Å². The quantitative estimate of drug-likeness (QED) is 0.565. The van der Waals surface area contributed by atoms with Crippen molar-refractivity contribution in [3.63, 3.8) is 0 Å². The highest BCUT2D eigenvalue weighted by Gasteiger charge is 2.14. The molecule has 0 N–H and O–H groups in total. The predicted octanol–water partition coefficient (Wildman–Crippen LogP) is 4.53. The van der Waals surface area contributed by atoms with E-state index >= 15 is 0 Å². The Morgan fingerprint density at radius 1 is 0.545 bits per heavy atom. The van der Waals surface area contributed by atoms with Crippen LogP contribution in [0.1, 0.15) is 52.7 Å². The molecule has 0 aromatic heterocycles. The van der Waals surface area contributed by atoms with Crippen molar-refractivity contribution >= 4 is 27.6 Å². The molecule has 0 saturated heterocycles. The van der Waals surface area contributed by atoms with Crippen LogP contribution >= 0.6 is 8.58 Å². The van der Waals surface area contributed by atoms with Crippen LogP contribution < -0.4 is 10.6 Å². The topological polar surface area (TPSA) is 0 Å². The lowest BCUT2D eigenvalue weighted by Crippen LogP contribution is -2.13. The Bertz CT molecular complexity index is 528. The van der Waals surface area contributed by atoms with Gasteiger partial charge in [-0.05, 0) is 32.6 Å². The minimum atomic E-state index is 0. The number of hydrogen-bond donors (Lipinski definition) is 0. The van der Waals surface area contributed by atoms with Crippen LogP contribution in [0.4, 0.5) is 0 Å². The molecular weight excluding hydrogens is 282 g/mol. The highest BCUT2D eigenvalue weighted by Crippen LogP contribution is 2.24. The zero-order valence-corrected chi connectivity index (χ0v) is 15.7. The Morgan fingerprint density at radius 2 is 0.818 bits per heavy atom. The molecule has 2 rings (SSSR count). The minimum Gasteiger partial charge on any atom is -0.0591 e. The van der Waals surface area contributed by atoms with Crippen LogP contribution in [0.5, 0.6) is 0 Å². The predicted molar refractivity (Wildman–Crippen MR) is 104 cm³/mol. The van der Waals surface area contributed by atoms with E-state index < -0.39 is 0 Å². The van der Waals surface area contributed by atoms with E-state index in [0.29, 0.717) is 0 Å². The summed E-state index contributed by atoms with van der Waals surface area (Å²) in [7, 11) is 0.736. The second-order valence-electron chi connectivity index (χ2n) is 7.78. The Balaban J connectivity index is 0.00000242. The van der Waals surface area contributed by atoms with Gasteiger partial charge >= 0.3 is 0 Å². The van der Waals surface area contributed by atoms with Gasteiger partial charge in [-0.15, -0.1) is 0 Å². The highest BCUT2D eigenvalue weighted by molar-refractivity contribution is 7.55. The largest absolute Gasteiger partial charge is 0.0591 e. The summed E-state index contributed by atoms with van der Waals surface area (Å²) in [4.78, 5) is 0. The molecule has 0 atom stereocenters. The van der Waals surface area contributed by atoms with E-state index in [1.807, 2.05) is 0 Å². The smallest absolute Gasteiger partial charge is 0 e. The molecule has 2 heteroatoms. The van der Waals surface area contributed by atoms with E-state index in [2.05, 4.69) is 90.1 Å². The fourth-order valence-corrected chi connectivity index (χ4v) is 3.27. The van der Waals surface area contributed by atoms with Crippen LogP contribution in [0.25, 0.3) is 0 Å². The van der Waals surface area contributed by atoms with Crippen LogP contribution in [-0.2, 0) is 10.8 Å². The van der Waals surface area contributed by atoms with Gasteiger partial charge in [-0.1, -0.05) is 98.7 Å². The first-order valence-corrected chi connectivity index (χ1v) is 8.64. The van der Waals surface area contributed by atoms with Gasteiger partial charge in [0, 0.05) is 8.41 Å². The lowest BCUT2D eigenvalue weighted by Gasteiger charge is -2.20. The maximum Gasteiger partial charge on any atom is 0 e. The summed E-state index contributed by atoms with van der Waals surface area (Å²) in [6, 6.07) is 18.2. The number of rotatable bonds is 2. The molecule has 0 heterocycles. The Kier molecular flexibility index (Phi) is 6.05. The zero-order valence-electron chi connectivity index (χ0n) is 14.7. The molecule has 0 bridgehead atoms. The summed E-state index contributed by atoms with van der Waals surface area (Å²) >= 11 is 0. The Labute approximate surface area is 140 Å². The van der Waals surface area contributed by atoms with E-state index in [0.717, 1.165) is 8.58 Å². The Morgan fingerprint density at radius 3 is 1.05 bits per heavy atom. The van der Waals surface area contributed by atoms with Gasteiger partial charge in [-0.3, -0.25) is 0 Å². The van der Waals surface area contributed by atoms with Crippen molar-refractivity contribution < 1.29 is 0 Å². The molecule has 3 radical (unpaired) electrons. The number of hydrogen-bond acceptors (Lipinski definition) is 0. The second-order valence-corrected chi connectivity index (χ2v) is 9.18. The van der Waals surface area contributed by atoms with Crippen molar-refractivity contribution in [3.8, 4) is 0 Å². The van der Waals surface area contributed by atoms with Gasteiger partial charge in [0.25, 0.3) is 0 Å². The van der Waals surface area contributed by atoms with Crippen LogP contribution in [0.3, 0.4) is 0 Å².